The van der Waals surface area contributed by atoms with Crippen molar-refractivity contribution in [2.75, 3.05) is 31.1 Å². The van der Waals surface area contributed by atoms with E-state index in [1.54, 1.807) is 0 Å². The fourth-order valence-electron chi connectivity index (χ4n) is 5.45. The normalized spacial score (nSPS) is 28.5. The first kappa shape index (κ1) is 21.5. The van der Waals surface area contributed by atoms with Gasteiger partial charge in [-0.05, 0) is 47.0 Å². The highest BCUT2D eigenvalue weighted by Crippen LogP contribution is 2.42. The molecule has 2 fully saturated rings. The number of allylic oxidation sites excluding steroid dienone is 1. The minimum absolute atomic E-state index is 0.0418. The van der Waals surface area contributed by atoms with E-state index in [9.17, 15) is 14.7 Å². The Hall–Kier alpha value is -2.32. The molecule has 5 rings (SSSR count). The Kier molecular flexibility index (Phi) is 5.75. The van der Waals surface area contributed by atoms with Crippen molar-refractivity contribution >= 4 is 33.4 Å². The second-order valence-electron chi connectivity index (χ2n) is 9.04. The van der Waals surface area contributed by atoms with Gasteiger partial charge in [-0.1, -0.05) is 24.6 Å². The van der Waals surface area contributed by atoms with Gasteiger partial charge in [0.1, 0.15) is 17.5 Å². The lowest BCUT2D eigenvalue weighted by atomic mass is 9.89. The number of esters is 1. The SMILES string of the molecule is O=C1OC2(CCCCC2)OC(O)=C1[C@H]1C(=O)C(Br)=C[C@H]1[NH+]1CCN(c2ccccc2)CC1. The third-order valence-electron chi connectivity index (χ3n) is 7.14. The van der Waals surface area contributed by atoms with E-state index in [2.05, 4.69) is 33.0 Å². The minimum atomic E-state index is -1.08. The highest BCUT2D eigenvalue weighted by molar-refractivity contribution is 9.12. The van der Waals surface area contributed by atoms with Crippen LogP contribution in [0.3, 0.4) is 0 Å². The highest BCUT2D eigenvalue weighted by atomic mass is 79.9. The van der Waals surface area contributed by atoms with Crippen LogP contribution < -0.4 is 9.80 Å². The molecule has 0 bridgehead atoms. The average molecular weight is 504 g/mol. The lowest BCUT2D eigenvalue weighted by Gasteiger charge is -2.41. The molecular weight excluding hydrogens is 476 g/mol. The Bertz CT molecular complexity index is 962. The fraction of sp³-hybridized carbons (Fsp3) is 0.500. The number of para-hydroxylation sites is 1. The standard InChI is InChI=1S/C24H27BrN2O5/c25-17-15-18(27-13-11-26(12-14-27)16-7-3-1-4-8-16)19(21(17)28)20-22(29)31-24(32-23(20)30)9-5-2-6-10-24/h1,3-4,7-8,15,18-19,29H,2,5-6,9-14H2/p+1/t18-,19+/m1/s1. The zero-order valence-corrected chi connectivity index (χ0v) is 19.5. The second-order valence-corrected chi connectivity index (χ2v) is 9.90. The number of nitrogens with zero attached hydrogens (tertiary/aromatic N) is 1. The number of rotatable bonds is 3. The van der Waals surface area contributed by atoms with Crippen molar-refractivity contribution in [2.45, 2.75) is 43.9 Å². The third kappa shape index (κ3) is 3.83. The fourth-order valence-corrected chi connectivity index (χ4v) is 5.99. The molecule has 170 valence electrons. The van der Waals surface area contributed by atoms with Gasteiger partial charge in [0.25, 0.3) is 11.7 Å². The molecule has 4 aliphatic rings. The Morgan fingerprint density at radius 3 is 2.38 bits per heavy atom. The lowest BCUT2D eigenvalue weighted by Crippen LogP contribution is -3.18. The van der Waals surface area contributed by atoms with Gasteiger partial charge >= 0.3 is 5.97 Å². The molecule has 1 spiro atoms. The van der Waals surface area contributed by atoms with Crippen LogP contribution in [0.1, 0.15) is 32.1 Å². The number of quaternary nitrogens is 1. The van der Waals surface area contributed by atoms with Crippen molar-refractivity contribution < 1.29 is 29.1 Å². The zero-order chi connectivity index (χ0) is 22.3. The molecule has 2 aliphatic heterocycles. The average Bonchev–Trinajstić information content (AvgIpc) is 3.09. The predicted molar refractivity (Wildman–Crippen MR) is 121 cm³/mol. The number of ketones is 1. The largest absolute Gasteiger partial charge is 0.480 e. The summed E-state index contributed by atoms with van der Waals surface area (Å²) in [5.74, 6) is -3.18. The van der Waals surface area contributed by atoms with E-state index in [4.69, 9.17) is 9.47 Å². The molecule has 1 saturated carbocycles. The second kappa shape index (κ2) is 8.56. The Balaban J connectivity index is 1.36. The number of anilines is 1. The van der Waals surface area contributed by atoms with E-state index in [0.29, 0.717) is 17.3 Å². The van der Waals surface area contributed by atoms with E-state index in [1.807, 2.05) is 24.3 Å². The zero-order valence-electron chi connectivity index (χ0n) is 17.9. The molecule has 0 aromatic heterocycles. The molecule has 2 aliphatic carbocycles. The van der Waals surface area contributed by atoms with Crippen LogP contribution in [0.2, 0.25) is 0 Å². The number of aliphatic hydroxyl groups is 1. The quantitative estimate of drug-likeness (QED) is 0.615. The van der Waals surface area contributed by atoms with Gasteiger partial charge in [0.2, 0.25) is 0 Å². The smallest absolute Gasteiger partial charge is 0.345 e. The Labute approximate surface area is 195 Å². The summed E-state index contributed by atoms with van der Waals surface area (Å²) in [4.78, 5) is 29.6. The van der Waals surface area contributed by atoms with Crippen molar-refractivity contribution in [3.63, 3.8) is 0 Å². The first-order chi connectivity index (χ1) is 15.5. The van der Waals surface area contributed by atoms with Crippen molar-refractivity contribution in [3.8, 4) is 0 Å². The molecular formula is C24H28BrN2O5+. The van der Waals surface area contributed by atoms with Gasteiger partial charge in [-0.2, -0.15) is 0 Å². The van der Waals surface area contributed by atoms with Crippen molar-refractivity contribution in [1.82, 2.24) is 0 Å². The Morgan fingerprint density at radius 1 is 1.03 bits per heavy atom. The maximum Gasteiger partial charge on any atom is 0.345 e. The molecule has 1 aromatic rings. The summed E-state index contributed by atoms with van der Waals surface area (Å²) in [6, 6.07) is 10.0. The summed E-state index contributed by atoms with van der Waals surface area (Å²) >= 11 is 3.37. The van der Waals surface area contributed by atoms with Gasteiger partial charge < -0.3 is 24.4 Å². The number of benzene rings is 1. The van der Waals surface area contributed by atoms with E-state index in [-0.39, 0.29) is 17.4 Å². The molecule has 1 aromatic carbocycles. The molecule has 0 unspecified atom stereocenters. The monoisotopic (exact) mass is 503 g/mol. The van der Waals surface area contributed by atoms with Crippen LogP contribution in [0.4, 0.5) is 5.69 Å². The van der Waals surface area contributed by atoms with E-state index in [0.717, 1.165) is 45.4 Å². The van der Waals surface area contributed by atoms with Gasteiger partial charge in [0, 0.05) is 18.5 Å². The van der Waals surface area contributed by atoms with Gasteiger partial charge in [-0.25, -0.2) is 4.79 Å². The number of piperazine rings is 1. The number of hydrogen-bond donors (Lipinski definition) is 2. The number of carbonyl (C=O) groups excluding carboxylic acids is 2. The number of hydrogen-bond acceptors (Lipinski definition) is 6. The molecule has 32 heavy (non-hydrogen) atoms. The molecule has 2 heterocycles. The van der Waals surface area contributed by atoms with Gasteiger partial charge in [-0.15, -0.1) is 0 Å². The van der Waals surface area contributed by atoms with Crippen LogP contribution in [0, 0.1) is 5.92 Å². The Morgan fingerprint density at radius 2 is 1.72 bits per heavy atom. The summed E-state index contributed by atoms with van der Waals surface area (Å²) in [5, 5.41) is 10.8. The summed E-state index contributed by atoms with van der Waals surface area (Å²) in [5.41, 5.74) is 1.14. The van der Waals surface area contributed by atoms with E-state index in [1.165, 1.54) is 10.6 Å². The summed E-state index contributed by atoms with van der Waals surface area (Å²) in [6.07, 6.45) is 5.81. The minimum Gasteiger partial charge on any atom is -0.480 e. The van der Waals surface area contributed by atoms with E-state index < -0.39 is 23.6 Å². The van der Waals surface area contributed by atoms with Crippen LogP contribution in [0.5, 0.6) is 0 Å². The first-order valence-electron chi connectivity index (χ1n) is 11.4. The number of nitrogens with one attached hydrogen (secondary N) is 1. The molecule has 7 nitrogen and oxygen atoms in total. The number of carbonyl (C=O) groups is 2. The van der Waals surface area contributed by atoms with Crippen LogP contribution in [-0.2, 0) is 19.1 Å². The molecule has 8 heteroatoms. The van der Waals surface area contributed by atoms with Gasteiger partial charge in [0.05, 0.1) is 30.7 Å². The van der Waals surface area contributed by atoms with Crippen molar-refractivity contribution in [3.05, 3.63) is 52.4 Å². The third-order valence-corrected chi connectivity index (χ3v) is 7.79. The lowest BCUT2D eigenvalue weighted by molar-refractivity contribution is -0.920. The molecule has 2 N–H and O–H groups in total. The van der Waals surface area contributed by atoms with Crippen LogP contribution >= 0.6 is 15.9 Å². The van der Waals surface area contributed by atoms with Gasteiger partial charge in [0.15, 0.2) is 5.78 Å². The molecule has 0 radical (unpaired) electrons. The predicted octanol–water partition coefficient (Wildman–Crippen LogP) is 2.24. The summed E-state index contributed by atoms with van der Waals surface area (Å²) in [7, 11) is 0. The highest BCUT2D eigenvalue weighted by Gasteiger charge is 2.53. The number of Topliss-reactive ketones (excluding diaryl/α,β-unsaturated/α-hetero) is 1. The summed E-state index contributed by atoms with van der Waals surface area (Å²) < 4.78 is 11.9. The van der Waals surface area contributed by atoms with Gasteiger partial charge in [-0.3, -0.25) is 4.79 Å². The van der Waals surface area contributed by atoms with Crippen LogP contribution in [0.15, 0.2) is 52.4 Å². The van der Waals surface area contributed by atoms with Crippen molar-refractivity contribution in [2.24, 2.45) is 5.92 Å². The first-order valence-corrected chi connectivity index (χ1v) is 12.2. The number of ether oxygens (including phenoxy) is 2. The summed E-state index contributed by atoms with van der Waals surface area (Å²) in [6.45, 7) is 3.32. The number of halogens is 1. The number of aliphatic hydroxyl groups excluding tert-OH is 1. The molecule has 2 atom stereocenters. The van der Waals surface area contributed by atoms with Crippen molar-refractivity contribution in [1.29, 1.82) is 0 Å². The topological polar surface area (TPSA) is 80.5 Å². The molecule has 0 amide bonds. The molecule has 1 saturated heterocycles. The maximum atomic E-state index is 13.1. The van der Waals surface area contributed by atoms with Crippen LogP contribution in [0.25, 0.3) is 0 Å². The maximum absolute atomic E-state index is 13.1. The van der Waals surface area contributed by atoms with Crippen LogP contribution in [-0.4, -0.2) is 54.9 Å². The van der Waals surface area contributed by atoms with E-state index >= 15 is 0 Å².